The van der Waals surface area contributed by atoms with E-state index in [-0.39, 0.29) is 0 Å². The van der Waals surface area contributed by atoms with Crippen molar-refractivity contribution in [2.45, 2.75) is 32.2 Å². The quantitative estimate of drug-likeness (QED) is 0.772. The van der Waals surface area contributed by atoms with E-state index in [0.29, 0.717) is 5.75 Å². The van der Waals surface area contributed by atoms with Crippen molar-refractivity contribution < 1.29 is 4.74 Å². The Morgan fingerprint density at radius 1 is 1.24 bits per heavy atom. The van der Waals surface area contributed by atoms with Crippen molar-refractivity contribution in [2.75, 3.05) is 17.8 Å². The zero-order valence-electron chi connectivity index (χ0n) is 14.1. The van der Waals surface area contributed by atoms with Crippen LogP contribution in [0.3, 0.4) is 0 Å². The predicted molar refractivity (Wildman–Crippen MR) is 105 cm³/mol. The number of hydrogen-bond acceptors (Lipinski definition) is 6. The molecule has 0 fully saturated rings. The fourth-order valence-corrected chi connectivity index (χ4v) is 5.42. The van der Waals surface area contributed by atoms with Gasteiger partial charge in [-0.05, 0) is 55.5 Å². The van der Waals surface area contributed by atoms with E-state index in [4.69, 9.17) is 15.0 Å². The number of nitriles is 1. The maximum absolute atomic E-state index is 8.99. The molecule has 2 heterocycles. The van der Waals surface area contributed by atoms with Gasteiger partial charge in [-0.1, -0.05) is 11.8 Å². The van der Waals surface area contributed by atoms with Crippen LogP contribution in [0.5, 0.6) is 5.75 Å². The van der Waals surface area contributed by atoms with Crippen LogP contribution in [-0.4, -0.2) is 18.0 Å². The lowest BCUT2D eigenvalue weighted by Crippen LogP contribution is -2.31. The average Bonchev–Trinajstić information content (AvgIpc) is 3.03. The smallest absolute Gasteiger partial charge is 0.171 e. The summed E-state index contributed by atoms with van der Waals surface area (Å²) < 4.78 is 5.27. The van der Waals surface area contributed by atoms with Crippen LogP contribution in [0.1, 0.15) is 28.8 Å². The number of hydrogen-bond donors (Lipinski definition) is 0. The van der Waals surface area contributed by atoms with Crippen LogP contribution in [0.25, 0.3) is 0 Å². The van der Waals surface area contributed by atoms with Gasteiger partial charge in [0, 0.05) is 16.1 Å². The molecule has 1 aromatic heterocycles. The molecule has 2 aliphatic rings. The first-order valence-corrected chi connectivity index (χ1v) is 10.2. The molecule has 1 aliphatic heterocycles. The molecule has 0 radical (unpaired) electrons. The number of thioether (sulfide) groups is 1. The van der Waals surface area contributed by atoms with Crippen molar-refractivity contribution in [3.05, 3.63) is 40.3 Å². The molecule has 0 N–H and O–H groups in total. The third kappa shape index (κ3) is 3.14. The number of rotatable bonds is 3. The molecule has 1 aromatic carbocycles. The van der Waals surface area contributed by atoms with E-state index in [2.05, 4.69) is 23.1 Å². The van der Waals surface area contributed by atoms with Gasteiger partial charge in [0.15, 0.2) is 5.17 Å². The van der Waals surface area contributed by atoms with Crippen LogP contribution < -0.4 is 9.64 Å². The number of aliphatic imine (C=N–C) groups is 1. The first-order chi connectivity index (χ1) is 12.3. The third-order valence-corrected chi connectivity index (χ3v) is 6.73. The molecule has 0 unspecified atom stereocenters. The molecular weight excluding hydrogens is 350 g/mol. The van der Waals surface area contributed by atoms with E-state index >= 15 is 0 Å². The zero-order chi connectivity index (χ0) is 17.2. The molecule has 128 valence electrons. The Morgan fingerprint density at radius 2 is 2.04 bits per heavy atom. The van der Waals surface area contributed by atoms with Gasteiger partial charge in [-0.15, -0.1) is 11.3 Å². The van der Waals surface area contributed by atoms with E-state index in [0.717, 1.165) is 28.2 Å². The molecule has 0 atom stereocenters. The van der Waals surface area contributed by atoms with Gasteiger partial charge in [-0.3, -0.25) is 0 Å². The molecule has 4 rings (SSSR count). The fraction of sp³-hybridized carbons (Fsp3) is 0.368. The van der Waals surface area contributed by atoms with Gasteiger partial charge in [0.25, 0.3) is 0 Å². The number of anilines is 1. The van der Waals surface area contributed by atoms with Crippen LogP contribution in [0.15, 0.2) is 29.3 Å². The number of fused-ring (bicyclic) bond motifs is 3. The Morgan fingerprint density at radius 3 is 2.80 bits per heavy atom. The lowest BCUT2D eigenvalue weighted by Gasteiger charge is -2.29. The fourth-order valence-electron chi connectivity index (χ4n) is 3.41. The summed E-state index contributed by atoms with van der Waals surface area (Å²) in [4.78, 5) is 8.67. The Bertz CT molecular complexity index is 849. The van der Waals surface area contributed by atoms with Crippen molar-refractivity contribution in [1.82, 2.24) is 0 Å². The van der Waals surface area contributed by atoms with Gasteiger partial charge in [0.05, 0.1) is 25.5 Å². The highest BCUT2D eigenvalue weighted by atomic mass is 32.2. The van der Waals surface area contributed by atoms with Gasteiger partial charge >= 0.3 is 0 Å². The second kappa shape index (κ2) is 7.11. The second-order valence-electron chi connectivity index (χ2n) is 6.12. The summed E-state index contributed by atoms with van der Waals surface area (Å²) >= 11 is 3.36. The summed E-state index contributed by atoms with van der Waals surface area (Å²) in [5.41, 5.74) is 4.00. The van der Waals surface area contributed by atoms with Gasteiger partial charge in [-0.2, -0.15) is 5.26 Å². The molecule has 25 heavy (non-hydrogen) atoms. The lowest BCUT2D eigenvalue weighted by molar-refractivity contribution is 0.415. The summed E-state index contributed by atoms with van der Waals surface area (Å²) in [5, 5.41) is 11.1. The van der Waals surface area contributed by atoms with Gasteiger partial charge in [-0.25, -0.2) is 4.99 Å². The van der Waals surface area contributed by atoms with Crippen molar-refractivity contribution in [1.29, 1.82) is 5.26 Å². The van der Waals surface area contributed by atoms with Gasteiger partial charge in [0.1, 0.15) is 10.8 Å². The molecule has 0 amide bonds. The summed E-state index contributed by atoms with van der Waals surface area (Å²) in [7, 11) is 1.68. The molecule has 4 nitrogen and oxygen atoms in total. The van der Waals surface area contributed by atoms with Crippen molar-refractivity contribution in [3.63, 3.8) is 0 Å². The Kier molecular flexibility index (Phi) is 4.69. The summed E-state index contributed by atoms with van der Waals surface area (Å²) in [6.45, 7) is 0.838. The highest BCUT2D eigenvalue weighted by Crippen LogP contribution is 2.44. The molecule has 2 aromatic rings. The molecular formula is C19H19N3OS2. The minimum Gasteiger partial charge on any atom is -0.497 e. The third-order valence-electron chi connectivity index (χ3n) is 4.65. The first kappa shape index (κ1) is 16.5. The van der Waals surface area contributed by atoms with Crippen LogP contribution in [-0.2, 0) is 19.4 Å². The van der Waals surface area contributed by atoms with Gasteiger partial charge in [0.2, 0.25) is 0 Å². The van der Waals surface area contributed by atoms with Crippen LogP contribution in [0.4, 0.5) is 10.7 Å². The van der Waals surface area contributed by atoms with Crippen LogP contribution in [0.2, 0.25) is 0 Å². The van der Waals surface area contributed by atoms with Crippen molar-refractivity contribution >= 4 is 39.0 Å². The molecule has 1 aliphatic carbocycles. The Hall–Kier alpha value is -1.97. The monoisotopic (exact) mass is 369 g/mol. The highest BCUT2D eigenvalue weighted by Gasteiger charge is 2.28. The molecule has 6 heteroatoms. The predicted octanol–water partition coefficient (Wildman–Crippen LogP) is 4.90. The minimum absolute atomic E-state index is 0.409. The Balaban J connectivity index is 1.72. The number of amidine groups is 1. The SMILES string of the molecule is COc1ccc(N2Cc3c(sc4c3CCCC4)N=C2SCC#N)cc1. The van der Waals surface area contributed by atoms with Gasteiger partial charge < -0.3 is 9.64 Å². The number of methoxy groups -OCH3 is 1. The van der Waals surface area contributed by atoms with Crippen molar-refractivity contribution in [2.24, 2.45) is 4.99 Å². The Labute approximate surface area is 156 Å². The van der Waals surface area contributed by atoms with Crippen LogP contribution >= 0.6 is 23.1 Å². The average molecular weight is 370 g/mol. The number of thiophene rings is 1. The van der Waals surface area contributed by atoms with E-state index in [1.54, 1.807) is 7.11 Å². The van der Waals surface area contributed by atoms with Crippen LogP contribution in [0, 0.1) is 11.3 Å². The van der Waals surface area contributed by atoms with E-state index in [9.17, 15) is 0 Å². The van der Waals surface area contributed by atoms with E-state index < -0.39 is 0 Å². The highest BCUT2D eigenvalue weighted by molar-refractivity contribution is 8.14. The van der Waals surface area contributed by atoms with E-state index in [1.165, 1.54) is 53.4 Å². The van der Waals surface area contributed by atoms with E-state index in [1.807, 2.05) is 23.5 Å². The molecule has 0 spiro atoms. The summed E-state index contributed by atoms with van der Waals surface area (Å²) in [5.74, 6) is 1.25. The van der Waals surface area contributed by atoms with Crippen molar-refractivity contribution in [3.8, 4) is 11.8 Å². The first-order valence-electron chi connectivity index (χ1n) is 8.43. The zero-order valence-corrected chi connectivity index (χ0v) is 15.8. The molecule has 0 bridgehead atoms. The normalized spacial score (nSPS) is 15.8. The molecule has 0 saturated heterocycles. The number of aryl methyl sites for hydroxylation is 1. The summed E-state index contributed by atoms with van der Waals surface area (Å²) in [6.07, 6.45) is 4.92. The number of nitrogens with zero attached hydrogens (tertiary/aromatic N) is 3. The maximum Gasteiger partial charge on any atom is 0.171 e. The maximum atomic E-state index is 8.99. The lowest BCUT2D eigenvalue weighted by atomic mass is 9.95. The second-order valence-corrected chi connectivity index (χ2v) is 8.15. The molecule has 0 saturated carbocycles. The minimum atomic E-state index is 0.409. The largest absolute Gasteiger partial charge is 0.497 e. The number of ether oxygens (including phenoxy) is 1. The number of benzene rings is 1. The summed E-state index contributed by atoms with van der Waals surface area (Å²) in [6, 6.07) is 10.3. The standard InChI is InChI=1S/C19H19N3OS2/c1-23-14-8-6-13(7-9-14)22-12-16-15-4-2-3-5-17(15)25-18(16)21-19(22)24-11-10-20/h6-9H,2-5,11-12H2,1H3. The topological polar surface area (TPSA) is 48.6 Å².